The summed E-state index contributed by atoms with van der Waals surface area (Å²) in [7, 11) is -3.74. The van der Waals surface area contributed by atoms with E-state index in [-0.39, 0.29) is 34.6 Å². The molecule has 0 spiro atoms. The Morgan fingerprint density at radius 2 is 1.73 bits per heavy atom. The van der Waals surface area contributed by atoms with Crippen LogP contribution in [0.1, 0.15) is 43.5 Å². The highest BCUT2D eigenvalue weighted by Gasteiger charge is 2.38. The minimum atomic E-state index is -3.74. The van der Waals surface area contributed by atoms with Gasteiger partial charge in [-0.15, -0.1) is 0 Å². The quantitative estimate of drug-likeness (QED) is 0.722. The molecule has 2 aliphatic rings. The van der Waals surface area contributed by atoms with E-state index >= 15 is 0 Å². The van der Waals surface area contributed by atoms with Crippen molar-refractivity contribution in [1.82, 2.24) is 14.5 Å². The molecule has 0 radical (unpaired) electrons. The van der Waals surface area contributed by atoms with Crippen molar-refractivity contribution in [2.45, 2.75) is 44.0 Å². The van der Waals surface area contributed by atoms with Crippen molar-refractivity contribution >= 4 is 21.8 Å². The van der Waals surface area contributed by atoms with Gasteiger partial charge in [0.25, 0.3) is 5.91 Å². The van der Waals surface area contributed by atoms with Crippen LogP contribution in [0.25, 0.3) is 0 Å². The lowest BCUT2D eigenvalue weighted by Crippen LogP contribution is -2.55. The molecule has 0 bridgehead atoms. The number of nitrogens with one attached hydrogen (secondary N) is 1. The predicted octanol–water partition coefficient (Wildman–Crippen LogP) is 2.26. The Hall–Kier alpha value is -2.19. The molecule has 8 heteroatoms. The molecule has 1 N–H and O–H groups in total. The maximum absolute atomic E-state index is 13.3. The standard InChI is InChI=1S/C22H31N3O4S/c1-4-20(26)23-21-16(2)14-25(15-17(21)3)30(28,29)19-10-8-9-18(13-19)22(27)24-11-6-5-7-12-24/h4,8-10,13,16-17,21H,1,5-7,11-12,14-15H2,2-3H3,(H,23,26). The van der Waals surface area contributed by atoms with E-state index in [2.05, 4.69) is 11.9 Å². The second kappa shape index (κ2) is 9.31. The van der Waals surface area contributed by atoms with Crippen LogP contribution in [-0.4, -0.2) is 61.7 Å². The number of likely N-dealkylation sites (tertiary alicyclic amines) is 1. The van der Waals surface area contributed by atoms with Crippen molar-refractivity contribution in [1.29, 1.82) is 0 Å². The van der Waals surface area contributed by atoms with Gasteiger partial charge in [-0.05, 0) is 55.4 Å². The molecule has 0 aromatic heterocycles. The molecule has 2 fully saturated rings. The molecule has 0 saturated carbocycles. The lowest BCUT2D eigenvalue weighted by atomic mass is 9.87. The topological polar surface area (TPSA) is 86.8 Å². The lowest BCUT2D eigenvalue weighted by Gasteiger charge is -2.40. The van der Waals surface area contributed by atoms with Crippen LogP contribution in [-0.2, 0) is 14.8 Å². The normalized spacial score (nSPS) is 25.5. The van der Waals surface area contributed by atoms with Gasteiger partial charge in [-0.1, -0.05) is 26.5 Å². The van der Waals surface area contributed by atoms with Crippen LogP contribution < -0.4 is 5.32 Å². The number of amides is 2. The molecular formula is C22H31N3O4S. The summed E-state index contributed by atoms with van der Waals surface area (Å²) in [6.07, 6.45) is 4.32. The fraction of sp³-hybridized carbons (Fsp3) is 0.545. The van der Waals surface area contributed by atoms with Crippen molar-refractivity contribution in [2.75, 3.05) is 26.2 Å². The average molecular weight is 434 g/mol. The van der Waals surface area contributed by atoms with Crippen molar-refractivity contribution in [2.24, 2.45) is 11.8 Å². The van der Waals surface area contributed by atoms with E-state index in [9.17, 15) is 18.0 Å². The van der Waals surface area contributed by atoms with Crippen LogP contribution in [0.3, 0.4) is 0 Å². The van der Waals surface area contributed by atoms with Crippen LogP contribution >= 0.6 is 0 Å². The first kappa shape index (κ1) is 22.5. The molecule has 1 aromatic rings. The van der Waals surface area contributed by atoms with E-state index in [1.54, 1.807) is 23.1 Å². The van der Waals surface area contributed by atoms with Gasteiger partial charge in [0.05, 0.1) is 4.90 Å². The summed E-state index contributed by atoms with van der Waals surface area (Å²) in [6, 6.07) is 6.23. The molecular weight excluding hydrogens is 402 g/mol. The van der Waals surface area contributed by atoms with E-state index in [1.165, 1.54) is 16.4 Å². The van der Waals surface area contributed by atoms with E-state index < -0.39 is 10.0 Å². The Bertz CT molecular complexity index is 897. The van der Waals surface area contributed by atoms with Gasteiger partial charge in [-0.3, -0.25) is 9.59 Å². The largest absolute Gasteiger partial charge is 0.349 e. The zero-order valence-corrected chi connectivity index (χ0v) is 18.5. The van der Waals surface area contributed by atoms with Gasteiger partial charge in [-0.25, -0.2) is 8.42 Å². The predicted molar refractivity (Wildman–Crippen MR) is 115 cm³/mol. The number of carbonyl (C=O) groups excluding carboxylic acids is 2. The summed E-state index contributed by atoms with van der Waals surface area (Å²) in [5.41, 5.74) is 0.409. The van der Waals surface area contributed by atoms with E-state index in [1.807, 2.05) is 13.8 Å². The highest BCUT2D eigenvalue weighted by Crippen LogP contribution is 2.28. The SMILES string of the molecule is C=CC(=O)NC1C(C)CN(S(=O)(=O)c2cccc(C(=O)N3CCCCC3)c2)CC1C. The Labute approximate surface area is 179 Å². The van der Waals surface area contributed by atoms with Crippen molar-refractivity contribution in [3.05, 3.63) is 42.5 Å². The Kier molecular flexibility index (Phi) is 6.98. The molecule has 7 nitrogen and oxygen atoms in total. The molecule has 2 amide bonds. The van der Waals surface area contributed by atoms with Crippen LogP contribution in [0.15, 0.2) is 41.8 Å². The summed E-state index contributed by atoms with van der Waals surface area (Å²) in [6.45, 7) is 9.39. The minimum absolute atomic E-state index is 0.0504. The monoisotopic (exact) mass is 433 g/mol. The second-order valence-corrected chi connectivity index (χ2v) is 10.3. The number of rotatable bonds is 5. The number of benzene rings is 1. The first-order chi connectivity index (χ1) is 14.2. The maximum Gasteiger partial charge on any atom is 0.253 e. The summed E-state index contributed by atoms with van der Waals surface area (Å²) in [4.78, 5) is 26.4. The third kappa shape index (κ3) is 4.75. The van der Waals surface area contributed by atoms with Gasteiger partial charge in [0.2, 0.25) is 15.9 Å². The fourth-order valence-corrected chi connectivity index (χ4v) is 6.11. The van der Waals surface area contributed by atoms with Gasteiger partial charge >= 0.3 is 0 Å². The Morgan fingerprint density at radius 1 is 1.10 bits per heavy atom. The highest BCUT2D eigenvalue weighted by molar-refractivity contribution is 7.89. The zero-order valence-electron chi connectivity index (χ0n) is 17.7. The van der Waals surface area contributed by atoms with Crippen LogP contribution in [0.4, 0.5) is 0 Å². The molecule has 2 atom stereocenters. The van der Waals surface area contributed by atoms with E-state index in [0.29, 0.717) is 18.7 Å². The van der Waals surface area contributed by atoms with Crippen LogP contribution in [0, 0.1) is 11.8 Å². The second-order valence-electron chi connectivity index (χ2n) is 8.40. The van der Waals surface area contributed by atoms with Crippen LogP contribution in [0.5, 0.6) is 0 Å². The zero-order chi connectivity index (χ0) is 21.9. The third-order valence-electron chi connectivity index (χ3n) is 6.07. The first-order valence-electron chi connectivity index (χ1n) is 10.6. The molecule has 164 valence electrons. The van der Waals surface area contributed by atoms with Crippen molar-refractivity contribution in [3.8, 4) is 0 Å². The summed E-state index contributed by atoms with van der Waals surface area (Å²) in [5, 5.41) is 2.91. The smallest absolute Gasteiger partial charge is 0.253 e. The number of hydrogen-bond acceptors (Lipinski definition) is 4. The average Bonchev–Trinajstić information content (AvgIpc) is 2.76. The number of sulfonamides is 1. The first-order valence-corrected chi connectivity index (χ1v) is 12.0. The molecule has 1 aromatic carbocycles. The minimum Gasteiger partial charge on any atom is -0.349 e. The summed E-state index contributed by atoms with van der Waals surface area (Å²) >= 11 is 0. The molecule has 0 aliphatic carbocycles. The number of nitrogens with zero attached hydrogens (tertiary/aromatic N) is 2. The molecule has 2 aliphatic heterocycles. The van der Waals surface area contributed by atoms with Gasteiger partial charge in [0.1, 0.15) is 0 Å². The molecule has 30 heavy (non-hydrogen) atoms. The lowest BCUT2D eigenvalue weighted by molar-refractivity contribution is -0.118. The van der Waals surface area contributed by atoms with E-state index in [0.717, 1.165) is 32.4 Å². The van der Waals surface area contributed by atoms with Crippen molar-refractivity contribution in [3.63, 3.8) is 0 Å². The summed E-state index contributed by atoms with van der Waals surface area (Å²) < 4.78 is 28.1. The Morgan fingerprint density at radius 3 is 2.33 bits per heavy atom. The van der Waals surface area contributed by atoms with Gasteiger partial charge in [0.15, 0.2) is 0 Å². The van der Waals surface area contributed by atoms with E-state index in [4.69, 9.17) is 0 Å². The number of piperidine rings is 2. The Balaban J connectivity index is 1.78. The van der Waals surface area contributed by atoms with Gasteiger partial charge < -0.3 is 10.2 Å². The van der Waals surface area contributed by atoms with Gasteiger partial charge in [-0.2, -0.15) is 4.31 Å². The summed E-state index contributed by atoms with van der Waals surface area (Å²) in [5.74, 6) is -0.463. The fourth-order valence-electron chi connectivity index (χ4n) is 4.43. The van der Waals surface area contributed by atoms with Gasteiger partial charge in [0, 0.05) is 37.8 Å². The highest BCUT2D eigenvalue weighted by atomic mass is 32.2. The molecule has 2 saturated heterocycles. The van der Waals surface area contributed by atoms with Crippen molar-refractivity contribution < 1.29 is 18.0 Å². The number of hydrogen-bond donors (Lipinski definition) is 1. The van der Waals surface area contributed by atoms with Crippen LogP contribution in [0.2, 0.25) is 0 Å². The molecule has 2 heterocycles. The molecule has 2 unspecified atom stereocenters. The third-order valence-corrected chi connectivity index (χ3v) is 7.89. The molecule has 3 rings (SSSR count). The maximum atomic E-state index is 13.3. The number of carbonyl (C=O) groups is 2.